The van der Waals surface area contributed by atoms with E-state index in [0.29, 0.717) is 5.92 Å². The lowest BCUT2D eigenvalue weighted by Gasteiger charge is -2.08. The number of nitrogens with zero attached hydrogens (tertiary/aromatic N) is 3. The van der Waals surface area contributed by atoms with E-state index in [1.807, 2.05) is 10.8 Å². The SMILES string of the molecule is C=Cc1ccc(Cn2ncnc2C(C)C)cc1. The van der Waals surface area contributed by atoms with E-state index in [4.69, 9.17) is 0 Å². The first-order valence-corrected chi connectivity index (χ1v) is 5.80. The molecule has 0 aliphatic heterocycles. The molecule has 1 aromatic carbocycles. The lowest BCUT2D eigenvalue weighted by Crippen LogP contribution is -2.08. The number of aromatic nitrogens is 3. The van der Waals surface area contributed by atoms with Gasteiger partial charge in [-0.2, -0.15) is 5.10 Å². The van der Waals surface area contributed by atoms with Gasteiger partial charge in [0.05, 0.1) is 6.54 Å². The van der Waals surface area contributed by atoms with Crippen LogP contribution in [0.4, 0.5) is 0 Å². The maximum Gasteiger partial charge on any atom is 0.138 e. The van der Waals surface area contributed by atoms with Gasteiger partial charge in [-0.05, 0) is 11.1 Å². The number of benzene rings is 1. The third kappa shape index (κ3) is 2.61. The average Bonchev–Trinajstić information content (AvgIpc) is 2.78. The van der Waals surface area contributed by atoms with Crippen LogP contribution in [0, 0.1) is 0 Å². The van der Waals surface area contributed by atoms with Crippen molar-refractivity contribution < 1.29 is 0 Å². The molecule has 0 saturated carbocycles. The zero-order valence-corrected chi connectivity index (χ0v) is 10.3. The highest BCUT2D eigenvalue weighted by Crippen LogP contribution is 2.13. The van der Waals surface area contributed by atoms with E-state index in [9.17, 15) is 0 Å². The van der Waals surface area contributed by atoms with Gasteiger partial charge in [-0.15, -0.1) is 0 Å². The molecule has 0 atom stereocenters. The normalized spacial score (nSPS) is 10.8. The lowest BCUT2D eigenvalue weighted by molar-refractivity contribution is 0.607. The molecular weight excluding hydrogens is 210 g/mol. The molecular formula is C14H17N3. The van der Waals surface area contributed by atoms with Gasteiger partial charge in [0.2, 0.25) is 0 Å². The second kappa shape index (κ2) is 4.95. The molecule has 0 saturated heterocycles. The van der Waals surface area contributed by atoms with Gasteiger partial charge in [0, 0.05) is 5.92 Å². The Bertz CT molecular complexity index is 494. The Labute approximate surface area is 102 Å². The summed E-state index contributed by atoms with van der Waals surface area (Å²) in [5.74, 6) is 1.42. The minimum atomic E-state index is 0.393. The van der Waals surface area contributed by atoms with Gasteiger partial charge in [-0.25, -0.2) is 9.67 Å². The molecule has 0 aliphatic carbocycles. The van der Waals surface area contributed by atoms with E-state index in [0.717, 1.165) is 17.9 Å². The van der Waals surface area contributed by atoms with Crippen molar-refractivity contribution in [2.24, 2.45) is 0 Å². The minimum absolute atomic E-state index is 0.393. The van der Waals surface area contributed by atoms with Gasteiger partial charge < -0.3 is 0 Å². The summed E-state index contributed by atoms with van der Waals surface area (Å²) in [4.78, 5) is 4.28. The van der Waals surface area contributed by atoms with Gasteiger partial charge in [-0.3, -0.25) is 0 Å². The van der Waals surface area contributed by atoms with Crippen LogP contribution in [0.15, 0.2) is 37.2 Å². The molecule has 2 rings (SSSR count). The molecule has 0 unspecified atom stereocenters. The third-order valence-electron chi connectivity index (χ3n) is 2.71. The maximum absolute atomic E-state index is 4.28. The number of hydrogen-bond acceptors (Lipinski definition) is 2. The van der Waals surface area contributed by atoms with Gasteiger partial charge in [0.1, 0.15) is 12.2 Å². The van der Waals surface area contributed by atoms with Crippen molar-refractivity contribution in [3.63, 3.8) is 0 Å². The lowest BCUT2D eigenvalue weighted by atomic mass is 10.1. The standard InChI is InChI=1S/C14H17N3/c1-4-12-5-7-13(8-6-12)9-17-14(11(2)3)15-10-16-17/h4-8,10-11H,1,9H2,2-3H3. The Morgan fingerprint density at radius 2 is 2.00 bits per heavy atom. The topological polar surface area (TPSA) is 30.7 Å². The Morgan fingerprint density at radius 3 is 2.59 bits per heavy atom. The summed E-state index contributed by atoms with van der Waals surface area (Å²) in [5.41, 5.74) is 2.36. The smallest absolute Gasteiger partial charge is 0.138 e. The highest BCUT2D eigenvalue weighted by atomic mass is 15.3. The first-order valence-electron chi connectivity index (χ1n) is 5.80. The Morgan fingerprint density at radius 1 is 1.29 bits per heavy atom. The predicted molar refractivity (Wildman–Crippen MR) is 69.7 cm³/mol. The summed E-state index contributed by atoms with van der Waals surface area (Å²) < 4.78 is 1.95. The van der Waals surface area contributed by atoms with Gasteiger partial charge in [0.15, 0.2) is 0 Å². The molecule has 0 radical (unpaired) electrons. The molecule has 0 aliphatic rings. The van der Waals surface area contributed by atoms with Crippen LogP contribution in [-0.2, 0) is 6.54 Å². The van der Waals surface area contributed by atoms with Gasteiger partial charge >= 0.3 is 0 Å². The highest BCUT2D eigenvalue weighted by Gasteiger charge is 2.08. The molecule has 1 heterocycles. The molecule has 88 valence electrons. The van der Waals surface area contributed by atoms with Crippen molar-refractivity contribution in [3.8, 4) is 0 Å². The summed E-state index contributed by atoms with van der Waals surface area (Å²) in [6, 6.07) is 8.33. The fourth-order valence-corrected chi connectivity index (χ4v) is 1.77. The van der Waals surface area contributed by atoms with Crippen LogP contribution in [0.5, 0.6) is 0 Å². The second-order valence-electron chi connectivity index (χ2n) is 4.38. The zero-order chi connectivity index (χ0) is 12.3. The molecule has 0 amide bonds. The molecule has 1 aromatic heterocycles. The van der Waals surface area contributed by atoms with Crippen molar-refractivity contribution in [1.82, 2.24) is 14.8 Å². The second-order valence-corrected chi connectivity index (χ2v) is 4.38. The maximum atomic E-state index is 4.28. The molecule has 3 nitrogen and oxygen atoms in total. The summed E-state index contributed by atoms with van der Waals surface area (Å²) in [5, 5.41) is 4.26. The zero-order valence-electron chi connectivity index (χ0n) is 10.3. The number of hydrogen-bond donors (Lipinski definition) is 0. The molecule has 0 N–H and O–H groups in total. The fourth-order valence-electron chi connectivity index (χ4n) is 1.77. The predicted octanol–water partition coefficient (Wildman–Crippen LogP) is 3.09. The van der Waals surface area contributed by atoms with Crippen LogP contribution < -0.4 is 0 Å². The Balaban J connectivity index is 2.19. The monoisotopic (exact) mass is 227 g/mol. The van der Waals surface area contributed by atoms with E-state index in [1.165, 1.54) is 5.56 Å². The van der Waals surface area contributed by atoms with Crippen LogP contribution in [0.1, 0.15) is 36.7 Å². The summed E-state index contributed by atoms with van der Waals surface area (Å²) in [7, 11) is 0. The molecule has 3 heteroatoms. The van der Waals surface area contributed by atoms with Gasteiger partial charge in [0.25, 0.3) is 0 Å². The molecule has 17 heavy (non-hydrogen) atoms. The van der Waals surface area contributed by atoms with Crippen LogP contribution in [0.2, 0.25) is 0 Å². The average molecular weight is 227 g/mol. The fraction of sp³-hybridized carbons (Fsp3) is 0.286. The van der Waals surface area contributed by atoms with Crippen molar-refractivity contribution >= 4 is 6.08 Å². The quantitative estimate of drug-likeness (QED) is 0.803. The minimum Gasteiger partial charge on any atom is -0.245 e. The summed E-state index contributed by atoms with van der Waals surface area (Å²) in [6.07, 6.45) is 3.46. The van der Waals surface area contributed by atoms with Crippen LogP contribution in [-0.4, -0.2) is 14.8 Å². The molecule has 0 fully saturated rings. The van der Waals surface area contributed by atoms with Crippen LogP contribution in [0.25, 0.3) is 6.08 Å². The van der Waals surface area contributed by atoms with E-state index in [1.54, 1.807) is 6.33 Å². The Kier molecular flexibility index (Phi) is 3.38. The largest absolute Gasteiger partial charge is 0.245 e. The van der Waals surface area contributed by atoms with E-state index >= 15 is 0 Å². The number of rotatable bonds is 4. The molecule has 2 aromatic rings. The summed E-state index contributed by atoms with van der Waals surface area (Å²) in [6.45, 7) is 8.77. The van der Waals surface area contributed by atoms with E-state index in [-0.39, 0.29) is 0 Å². The van der Waals surface area contributed by atoms with Crippen molar-refractivity contribution in [2.45, 2.75) is 26.3 Å². The molecule has 0 spiro atoms. The van der Waals surface area contributed by atoms with Crippen molar-refractivity contribution in [2.75, 3.05) is 0 Å². The Hall–Kier alpha value is -1.90. The van der Waals surface area contributed by atoms with Crippen molar-refractivity contribution in [1.29, 1.82) is 0 Å². The first-order chi connectivity index (χ1) is 8.20. The third-order valence-corrected chi connectivity index (χ3v) is 2.71. The van der Waals surface area contributed by atoms with Gasteiger partial charge in [-0.1, -0.05) is 50.8 Å². The van der Waals surface area contributed by atoms with Crippen molar-refractivity contribution in [3.05, 3.63) is 54.1 Å². The summed E-state index contributed by atoms with van der Waals surface area (Å²) >= 11 is 0. The van der Waals surface area contributed by atoms with Crippen LogP contribution >= 0.6 is 0 Å². The van der Waals surface area contributed by atoms with E-state index < -0.39 is 0 Å². The van der Waals surface area contributed by atoms with Crippen LogP contribution in [0.3, 0.4) is 0 Å². The van der Waals surface area contributed by atoms with E-state index in [2.05, 4.69) is 54.8 Å². The first kappa shape index (κ1) is 11.6. The highest BCUT2D eigenvalue weighted by molar-refractivity contribution is 5.47. The molecule has 0 bridgehead atoms.